The number of allylic oxidation sites excluding steroid dienone is 4. The largest absolute Gasteiger partial charge is 0.478 e. The molecule has 0 spiro atoms. The first-order valence-corrected chi connectivity index (χ1v) is 18.3. The number of aromatic nitrogens is 2. The summed E-state index contributed by atoms with van der Waals surface area (Å²) in [5, 5.41) is 0. The van der Waals surface area contributed by atoms with Crippen molar-refractivity contribution in [3.8, 4) is 11.3 Å². The Kier molecular flexibility index (Phi) is 5.73. The molecule has 53 heavy (non-hydrogen) atoms. The maximum absolute atomic E-state index is 5.68. The standard InChI is InChI=1S/C47H32N6/c1-29-43(30-15-3-2-4-16-30)48-47(53-40-26-12-10-24-38(40)51-36-22-8-6-18-32(36)34-20-14-28-42(53)45(34)51)49-46(29)52-39-25-11-9-23-37(39)50-35-21-7-5-17-31(35)33-19-13-27-41(52)44(33)50/h2-28,44-45H,1H3/q+2. The first kappa shape index (κ1) is 28.7. The van der Waals surface area contributed by atoms with E-state index in [1.807, 2.05) is 0 Å². The summed E-state index contributed by atoms with van der Waals surface area (Å²) in [6.45, 7) is 2.18. The van der Waals surface area contributed by atoms with Gasteiger partial charge in [0.15, 0.2) is 11.4 Å². The molecule has 2 aliphatic carbocycles. The van der Waals surface area contributed by atoms with Crippen LogP contribution in [0, 0.1) is 6.92 Å². The van der Waals surface area contributed by atoms with Gasteiger partial charge in [-0.2, -0.15) is 9.15 Å². The van der Waals surface area contributed by atoms with Gasteiger partial charge in [0.25, 0.3) is 0 Å². The van der Waals surface area contributed by atoms with Crippen molar-refractivity contribution >= 4 is 68.5 Å². The van der Waals surface area contributed by atoms with Crippen molar-refractivity contribution in [3.63, 3.8) is 0 Å². The molecule has 5 heterocycles. The molecular weight excluding hydrogens is 649 g/mol. The van der Waals surface area contributed by atoms with Crippen molar-refractivity contribution in [2.75, 3.05) is 9.80 Å². The molecule has 5 aromatic carbocycles. The molecule has 0 N–H and O–H groups in total. The van der Waals surface area contributed by atoms with Gasteiger partial charge < -0.3 is 9.80 Å². The molecule has 0 amide bonds. The van der Waals surface area contributed by atoms with Gasteiger partial charge in [-0.05, 0) is 66.6 Å². The van der Waals surface area contributed by atoms with Crippen LogP contribution in [0.5, 0.6) is 0 Å². The second-order valence-corrected chi connectivity index (χ2v) is 14.2. The molecule has 4 aliphatic heterocycles. The zero-order chi connectivity index (χ0) is 34.8. The Morgan fingerprint density at radius 3 is 1.60 bits per heavy atom. The lowest BCUT2D eigenvalue weighted by Gasteiger charge is -2.35. The van der Waals surface area contributed by atoms with Crippen LogP contribution in [-0.4, -0.2) is 33.5 Å². The van der Waals surface area contributed by atoms with Gasteiger partial charge in [0.1, 0.15) is 29.2 Å². The molecule has 0 saturated carbocycles. The van der Waals surface area contributed by atoms with Gasteiger partial charge in [0.2, 0.25) is 0 Å². The predicted octanol–water partition coefficient (Wildman–Crippen LogP) is 9.98. The molecule has 248 valence electrons. The Hall–Kier alpha value is -6.92. The third-order valence-corrected chi connectivity index (χ3v) is 11.5. The molecule has 6 aromatic rings. The normalized spacial score (nSPS) is 19.3. The van der Waals surface area contributed by atoms with Crippen molar-refractivity contribution in [1.29, 1.82) is 0 Å². The van der Waals surface area contributed by atoms with Crippen LogP contribution in [0.25, 0.3) is 22.4 Å². The van der Waals surface area contributed by atoms with Crippen molar-refractivity contribution in [2.45, 2.75) is 19.0 Å². The molecule has 2 unspecified atom stereocenters. The van der Waals surface area contributed by atoms with Gasteiger partial charge >= 0.3 is 11.8 Å². The van der Waals surface area contributed by atoms with Crippen LogP contribution in [0.1, 0.15) is 16.7 Å². The summed E-state index contributed by atoms with van der Waals surface area (Å²) >= 11 is 0. The minimum atomic E-state index is 0.00504. The summed E-state index contributed by atoms with van der Waals surface area (Å²) in [5.74, 6) is 1.53. The molecular formula is C47H32N6+2. The van der Waals surface area contributed by atoms with Gasteiger partial charge in [-0.25, -0.2) is 0 Å². The maximum atomic E-state index is 5.68. The lowest BCUT2D eigenvalue weighted by atomic mass is 9.92. The fourth-order valence-corrected chi connectivity index (χ4v) is 9.41. The number of nitrogens with zero attached hydrogens (tertiary/aromatic N) is 6. The van der Waals surface area contributed by atoms with Crippen LogP contribution >= 0.6 is 0 Å². The number of fused-ring (bicyclic) bond motifs is 10. The van der Waals surface area contributed by atoms with E-state index in [1.165, 1.54) is 39.4 Å². The summed E-state index contributed by atoms with van der Waals surface area (Å²) in [4.78, 5) is 16.2. The summed E-state index contributed by atoms with van der Waals surface area (Å²) in [6, 6.07) is 45.6. The number of benzene rings is 5. The van der Waals surface area contributed by atoms with E-state index in [1.54, 1.807) is 0 Å². The molecule has 6 heteroatoms. The topological polar surface area (TPSA) is 38.3 Å². The fraction of sp³-hybridized carbons (Fsp3) is 0.0638. The first-order valence-electron chi connectivity index (χ1n) is 18.3. The minimum absolute atomic E-state index is 0.00504. The van der Waals surface area contributed by atoms with E-state index in [4.69, 9.17) is 9.97 Å². The highest BCUT2D eigenvalue weighted by Gasteiger charge is 2.49. The highest BCUT2D eigenvalue weighted by molar-refractivity contribution is 6.22. The number of hydrogen-bond donors (Lipinski definition) is 0. The van der Waals surface area contributed by atoms with E-state index in [0.29, 0.717) is 5.95 Å². The molecule has 0 radical (unpaired) electrons. The number of hydrogen-bond acceptors (Lipinski definition) is 4. The number of anilines is 4. The average molecular weight is 681 g/mol. The second kappa shape index (κ2) is 10.6. The van der Waals surface area contributed by atoms with E-state index < -0.39 is 0 Å². The quantitative estimate of drug-likeness (QED) is 0.175. The minimum Gasteiger partial charge on any atom is -0.323 e. The lowest BCUT2D eigenvalue weighted by molar-refractivity contribution is 0.852. The lowest BCUT2D eigenvalue weighted by Crippen LogP contribution is -2.44. The molecule has 0 saturated heterocycles. The Labute approximate surface area is 307 Å². The van der Waals surface area contributed by atoms with Crippen LogP contribution in [0.4, 0.5) is 45.9 Å². The van der Waals surface area contributed by atoms with Crippen LogP contribution in [-0.2, 0) is 0 Å². The van der Waals surface area contributed by atoms with Crippen molar-refractivity contribution in [1.82, 2.24) is 19.1 Å². The third kappa shape index (κ3) is 3.76. The molecule has 12 rings (SSSR count). The Balaban J connectivity index is 1.16. The average Bonchev–Trinajstić information content (AvgIpc) is 3.74. The Morgan fingerprint density at radius 2 is 1.00 bits per heavy atom. The van der Waals surface area contributed by atoms with Gasteiger partial charge in [-0.3, -0.25) is 0 Å². The number of rotatable bonds is 3. The maximum Gasteiger partial charge on any atom is 0.478 e. The third-order valence-electron chi connectivity index (χ3n) is 11.5. The predicted molar refractivity (Wildman–Crippen MR) is 217 cm³/mol. The Bertz CT molecular complexity index is 2820. The zero-order valence-electron chi connectivity index (χ0n) is 28.9. The monoisotopic (exact) mass is 680 g/mol. The van der Waals surface area contributed by atoms with Crippen molar-refractivity contribution < 1.29 is 0 Å². The first-order chi connectivity index (χ1) is 26.3. The summed E-state index contributed by atoms with van der Waals surface area (Å²) in [5.41, 5.74) is 17.4. The van der Waals surface area contributed by atoms with E-state index in [0.717, 1.165) is 51.1 Å². The van der Waals surface area contributed by atoms with Crippen LogP contribution in [0.15, 0.2) is 164 Å². The van der Waals surface area contributed by atoms with Gasteiger partial charge in [-0.15, -0.1) is 0 Å². The zero-order valence-corrected chi connectivity index (χ0v) is 28.9. The molecule has 6 aliphatic rings. The van der Waals surface area contributed by atoms with Gasteiger partial charge in [-0.1, -0.05) is 120 Å². The van der Waals surface area contributed by atoms with E-state index in [9.17, 15) is 0 Å². The summed E-state index contributed by atoms with van der Waals surface area (Å²) in [7, 11) is 0. The molecule has 0 fully saturated rings. The van der Waals surface area contributed by atoms with E-state index >= 15 is 0 Å². The van der Waals surface area contributed by atoms with Gasteiger partial charge in [0.05, 0.1) is 16.9 Å². The Morgan fingerprint density at radius 1 is 0.509 bits per heavy atom. The highest BCUT2D eigenvalue weighted by atomic mass is 15.3. The van der Waals surface area contributed by atoms with Crippen molar-refractivity contribution in [2.24, 2.45) is 0 Å². The second-order valence-electron chi connectivity index (χ2n) is 14.2. The van der Waals surface area contributed by atoms with E-state index in [2.05, 4.69) is 190 Å². The van der Waals surface area contributed by atoms with E-state index in [-0.39, 0.29) is 12.1 Å². The van der Waals surface area contributed by atoms with Crippen LogP contribution in [0.2, 0.25) is 0 Å². The molecule has 0 bridgehead atoms. The van der Waals surface area contributed by atoms with Crippen molar-refractivity contribution in [3.05, 3.63) is 181 Å². The summed E-state index contributed by atoms with van der Waals surface area (Å²) in [6.07, 6.45) is 13.4. The van der Waals surface area contributed by atoms with Crippen LogP contribution in [0.3, 0.4) is 0 Å². The SMILES string of the molecule is Cc1c(-c2ccccc2)nc([N+]2=C3C=CC=C4c5ccccc5N(c5ccccc52)C43)nc1[N+]1=C2C=CC=C3c4ccccc4N(c4ccccc41)C32. The molecule has 1 aromatic heterocycles. The molecule has 6 nitrogen and oxygen atoms in total. The smallest absolute Gasteiger partial charge is 0.323 e. The highest BCUT2D eigenvalue weighted by Crippen LogP contribution is 2.54. The van der Waals surface area contributed by atoms with Crippen LogP contribution < -0.4 is 19.0 Å². The van der Waals surface area contributed by atoms with Gasteiger partial charge in [0, 0.05) is 33.0 Å². The number of para-hydroxylation sites is 6. The fourth-order valence-electron chi connectivity index (χ4n) is 9.41. The summed E-state index contributed by atoms with van der Waals surface area (Å²) < 4.78 is 4.71. The molecule has 2 atom stereocenters.